The van der Waals surface area contributed by atoms with Gasteiger partial charge in [0.15, 0.2) is 0 Å². The largest absolute Gasteiger partial charge is 0.359 e. The molecule has 2 heterocycles. The Morgan fingerprint density at radius 1 is 0.897 bits per heavy atom. The molecule has 0 saturated carbocycles. The van der Waals surface area contributed by atoms with Gasteiger partial charge in [0.1, 0.15) is 0 Å². The maximum atomic E-state index is 12.8. The van der Waals surface area contributed by atoms with Gasteiger partial charge in [-0.2, -0.15) is 4.31 Å². The van der Waals surface area contributed by atoms with E-state index < -0.39 is 20.0 Å². The smallest absolute Gasteiger partial charge is 0.261 e. The highest BCUT2D eigenvalue weighted by molar-refractivity contribution is 7.92. The van der Waals surface area contributed by atoms with Crippen LogP contribution in [0.1, 0.15) is 0 Å². The van der Waals surface area contributed by atoms with Crippen LogP contribution in [0.5, 0.6) is 0 Å². The quantitative estimate of drug-likeness (QED) is 0.547. The van der Waals surface area contributed by atoms with E-state index in [4.69, 9.17) is 11.6 Å². The fourth-order valence-electron chi connectivity index (χ4n) is 3.23. The average Bonchev–Trinajstić information content (AvgIpc) is 3.22. The van der Waals surface area contributed by atoms with E-state index in [0.29, 0.717) is 47.8 Å². The number of rotatable bonds is 5. The summed E-state index contributed by atoms with van der Waals surface area (Å²) in [5.74, 6) is 0. The van der Waals surface area contributed by atoms with Crippen LogP contribution in [0.25, 0.3) is 10.9 Å². The Balaban J connectivity index is 1.61. The average molecular weight is 455 g/mol. The van der Waals surface area contributed by atoms with Gasteiger partial charge in [-0.15, -0.1) is 0 Å². The topological polar surface area (TPSA) is 111 Å². The first-order chi connectivity index (χ1) is 13.8. The van der Waals surface area contributed by atoms with Crippen LogP contribution in [0.15, 0.2) is 58.5 Å². The standard InChI is InChI=1S/C18H19ClN4O4S2/c19-16-5-6-17(18-15(16)7-8-21-18)22-28(24,25)13-1-3-14(4-2-13)29(26,27)23-11-9-20-10-12-23/h1-8,20-22H,9-12H2. The van der Waals surface area contributed by atoms with Crippen molar-refractivity contribution in [3.05, 3.63) is 53.7 Å². The van der Waals surface area contributed by atoms with Crippen molar-refractivity contribution in [3.63, 3.8) is 0 Å². The zero-order valence-corrected chi connectivity index (χ0v) is 17.6. The van der Waals surface area contributed by atoms with Gasteiger partial charge in [-0.05, 0) is 42.5 Å². The number of hydrogen-bond donors (Lipinski definition) is 3. The number of benzene rings is 2. The summed E-state index contributed by atoms with van der Waals surface area (Å²) in [7, 11) is -7.56. The zero-order valence-electron chi connectivity index (χ0n) is 15.2. The fourth-order valence-corrected chi connectivity index (χ4v) is 5.97. The van der Waals surface area contributed by atoms with E-state index in [2.05, 4.69) is 15.0 Å². The number of nitrogens with one attached hydrogen (secondary N) is 3. The second-order valence-electron chi connectivity index (χ2n) is 6.59. The first kappa shape index (κ1) is 20.2. The van der Waals surface area contributed by atoms with E-state index in [9.17, 15) is 16.8 Å². The van der Waals surface area contributed by atoms with Gasteiger partial charge in [0.05, 0.1) is 26.0 Å². The maximum absolute atomic E-state index is 12.8. The molecule has 0 atom stereocenters. The Hall–Kier alpha value is -2.11. The first-order valence-corrected chi connectivity index (χ1v) is 12.2. The minimum atomic E-state index is -3.91. The Morgan fingerprint density at radius 2 is 1.55 bits per heavy atom. The maximum Gasteiger partial charge on any atom is 0.261 e. The molecule has 29 heavy (non-hydrogen) atoms. The highest BCUT2D eigenvalue weighted by atomic mass is 35.5. The van der Waals surface area contributed by atoms with Crippen LogP contribution in [0.3, 0.4) is 0 Å². The van der Waals surface area contributed by atoms with Gasteiger partial charge in [-0.3, -0.25) is 4.72 Å². The number of H-pyrrole nitrogens is 1. The van der Waals surface area contributed by atoms with E-state index in [1.54, 1.807) is 24.4 Å². The predicted molar refractivity (Wildman–Crippen MR) is 112 cm³/mol. The number of piperazine rings is 1. The third-order valence-electron chi connectivity index (χ3n) is 4.76. The number of halogens is 1. The van der Waals surface area contributed by atoms with Crippen LogP contribution < -0.4 is 10.0 Å². The number of anilines is 1. The molecule has 8 nitrogen and oxygen atoms in total. The monoisotopic (exact) mass is 454 g/mol. The molecule has 1 saturated heterocycles. The highest BCUT2D eigenvalue weighted by Crippen LogP contribution is 2.30. The molecule has 154 valence electrons. The van der Waals surface area contributed by atoms with Crippen LogP contribution in [-0.4, -0.2) is 52.3 Å². The van der Waals surface area contributed by atoms with Crippen LogP contribution >= 0.6 is 11.6 Å². The van der Waals surface area contributed by atoms with Gasteiger partial charge in [0.2, 0.25) is 10.0 Å². The van der Waals surface area contributed by atoms with Gasteiger partial charge >= 0.3 is 0 Å². The molecule has 4 rings (SSSR count). The lowest BCUT2D eigenvalue weighted by Gasteiger charge is -2.26. The minimum absolute atomic E-state index is 0.0357. The summed E-state index contributed by atoms with van der Waals surface area (Å²) in [6, 6.07) is 10.2. The molecule has 0 bridgehead atoms. The number of sulfonamides is 2. The molecule has 3 N–H and O–H groups in total. The highest BCUT2D eigenvalue weighted by Gasteiger charge is 2.26. The summed E-state index contributed by atoms with van der Waals surface area (Å²) in [6.07, 6.45) is 1.67. The molecule has 0 amide bonds. The van der Waals surface area contributed by atoms with Crippen LogP contribution in [0.4, 0.5) is 5.69 Å². The molecular weight excluding hydrogens is 436 g/mol. The zero-order chi connectivity index (χ0) is 20.6. The van der Waals surface area contributed by atoms with E-state index in [1.807, 2.05) is 0 Å². The Morgan fingerprint density at radius 3 is 2.24 bits per heavy atom. The van der Waals surface area contributed by atoms with Crippen molar-refractivity contribution >= 4 is 48.2 Å². The number of aromatic amines is 1. The molecule has 2 aromatic carbocycles. The summed E-state index contributed by atoms with van der Waals surface area (Å²) < 4.78 is 54.9. The number of fused-ring (bicyclic) bond motifs is 1. The fraction of sp³-hybridized carbons (Fsp3) is 0.222. The van der Waals surface area contributed by atoms with Crippen LogP contribution in [0, 0.1) is 0 Å². The molecule has 3 aromatic rings. The van der Waals surface area contributed by atoms with Crippen molar-refractivity contribution in [3.8, 4) is 0 Å². The van der Waals surface area contributed by atoms with E-state index in [-0.39, 0.29) is 9.79 Å². The molecule has 1 aromatic heterocycles. The summed E-state index contributed by atoms with van der Waals surface area (Å²) in [5.41, 5.74) is 0.922. The third-order valence-corrected chi connectivity index (χ3v) is 8.39. The van der Waals surface area contributed by atoms with Gasteiger partial charge in [0.25, 0.3) is 10.0 Å². The van der Waals surface area contributed by atoms with E-state index in [0.717, 1.165) is 0 Å². The van der Waals surface area contributed by atoms with Crippen molar-refractivity contribution in [1.29, 1.82) is 0 Å². The second kappa shape index (κ2) is 7.62. The van der Waals surface area contributed by atoms with Crippen molar-refractivity contribution in [2.75, 3.05) is 30.9 Å². The molecule has 0 unspecified atom stereocenters. The van der Waals surface area contributed by atoms with E-state index in [1.165, 1.54) is 28.6 Å². The second-order valence-corrected chi connectivity index (χ2v) is 10.6. The van der Waals surface area contributed by atoms with Gasteiger partial charge in [-0.25, -0.2) is 16.8 Å². The lowest BCUT2D eigenvalue weighted by molar-refractivity contribution is 0.360. The molecule has 0 aliphatic carbocycles. The lowest BCUT2D eigenvalue weighted by atomic mass is 10.2. The number of hydrogen-bond acceptors (Lipinski definition) is 5. The first-order valence-electron chi connectivity index (χ1n) is 8.88. The summed E-state index contributed by atoms with van der Waals surface area (Å²) >= 11 is 6.12. The Labute approximate surface area is 174 Å². The molecular formula is C18H19ClN4O4S2. The Bertz CT molecular complexity index is 1250. The third kappa shape index (κ3) is 3.86. The van der Waals surface area contributed by atoms with Gasteiger partial charge in [-0.1, -0.05) is 11.6 Å². The van der Waals surface area contributed by atoms with Gasteiger partial charge < -0.3 is 10.3 Å². The van der Waals surface area contributed by atoms with Crippen molar-refractivity contribution in [2.24, 2.45) is 0 Å². The molecule has 0 radical (unpaired) electrons. The van der Waals surface area contributed by atoms with Crippen molar-refractivity contribution in [2.45, 2.75) is 9.79 Å². The summed E-state index contributed by atoms with van der Waals surface area (Å²) in [6.45, 7) is 1.94. The van der Waals surface area contributed by atoms with Crippen LogP contribution in [-0.2, 0) is 20.0 Å². The summed E-state index contributed by atoms with van der Waals surface area (Å²) in [5, 5.41) is 4.30. The molecule has 0 spiro atoms. The number of aromatic nitrogens is 1. The molecule has 1 aliphatic heterocycles. The van der Waals surface area contributed by atoms with Gasteiger partial charge in [0, 0.05) is 37.8 Å². The minimum Gasteiger partial charge on any atom is -0.359 e. The van der Waals surface area contributed by atoms with Crippen molar-refractivity contribution < 1.29 is 16.8 Å². The van der Waals surface area contributed by atoms with Crippen LogP contribution in [0.2, 0.25) is 5.02 Å². The lowest BCUT2D eigenvalue weighted by Crippen LogP contribution is -2.46. The summed E-state index contributed by atoms with van der Waals surface area (Å²) in [4.78, 5) is 3.00. The van der Waals surface area contributed by atoms with E-state index >= 15 is 0 Å². The van der Waals surface area contributed by atoms with Crippen molar-refractivity contribution in [1.82, 2.24) is 14.6 Å². The normalized spacial score (nSPS) is 16.2. The molecule has 1 fully saturated rings. The number of nitrogens with zero attached hydrogens (tertiary/aromatic N) is 1. The Kier molecular flexibility index (Phi) is 5.30. The molecule has 11 heteroatoms. The SMILES string of the molecule is O=S(=O)(Nc1ccc(Cl)c2cc[nH]c12)c1ccc(S(=O)(=O)N2CCNCC2)cc1. The molecule has 1 aliphatic rings. The predicted octanol–water partition coefficient (Wildman–Crippen LogP) is 2.22.